The number of carbonyl (C=O) groups excluding carboxylic acids is 1. The molecule has 0 N–H and O–H groups in total. The van der Waals surface area contributed by atoms with Crippen molar-refractivity contribution in [3.63, 3.8) is 0 Å². The third kappa shape index (κ3) is 3.79. The highest BCUT2D eigenvalue weighted by atomic mass is 32.2. The predicted octanol–water partition coefficient (Wildman–Crippen LogP) is 0.791. The van der Waals surface area contributed by atoms with Crippen LogP contribution in [0.5, 0.6) is 0 Å². The number of anilines is 1. The SMILES string of the molecule is CCc1nnc(CN([C@@H]2CCCN(c3ccnn3C)C2=O)S(C)(=O)=O)s1. The minimum absolute atomic E-state index is 0.0616. The van der Waals surface area contributed by atoms with Gasteiger partial charge in [-0.25, -0.2) is 8.42 Å². The molecule has 11 heteroatoms. The lowest BCUT2D eigenvalue weighted by Crippen LogP contribution is -2.54. The molecule has 1 saturated heterocycles. The summed E-state index contributed by atoms with van der Waals surface area (Å²) in [6.07, 6.45) is 4.69. The molecule has 2 aromatic heterocycles. The van der Waals surface area contributed by atoms with Gasteiger partial charge in [-0.2, -0.15) is 9.40 Å². The molecule has 142 valence electrons. The van der Waals surface area contributed by atoms with Crippen LogP contribution >= 0.6 is 11.3 Å². The summed E-state index contributed by atoms with van der Waals surface area (Å²) in [5.74, 6) is 0.433. The number of rotatable bonds is 6. The van der Waals surface area contributed by atoms with Crippen LogP contribution in [0.25, 0.3) is 0 Å². The Morgan fingerprint density at radius 1 is 1.35 bits per heavy atom. The quantitative estimate of drug-likeness (QED) is 0.713. The van der Waals surface area contributed by atoms with Crippen molar-refractivity contribution in [1.82, 2.24) is 24.3 Å². The molecule has 1 fully saturated rings. The van der Waals surface area contributed by atoms with Gasteiger partial charge in [0, 0.05) is 19.7 Å². The first-order chi connectivity index (χ1) is 12.3. The molecule has 1 aliphatic rings. The van der Waals surface area contributed by atoms with Gasteiger partial charge in [-0.3, -0.25) is 14.4 Å². The Morgan fingerprint density at radius 2 is 2.08 bits per heavy atom. The van der Waals surface area contributed by atoms with Crippen LogP contribution in [0, 0.1) is 0 Å². The van der Waals surface area contributed by atoms with E-state index in [0.29, 0.717) is 30.2 Å². The molecule has 0 aromatic carbocycles. The molecule has 0 bridgehead atoms. The van der Waals surface area contributed by atoms with Crippen molar-refractivity contribution in [2.45, 2.75) is 38.8 Å². The van der Waals surface area contributed by atoms with Crippen molar-refractivity contribution in [2.75, 3.05) is 17.7 Å². The Bertz CT molecular complexity index is 891. The van der Waals surface area contributed by atoms with Crippen LogP contribution in [-0.4, -0.2) is 57.5 Å². The Balaban J connectivity index is 1.88. The van der Waals surface area contributed by atoms with Crippen LogP contribution in [0.4, 0.5) is 5.82 Å². The molecule has 1 amide bonds. The highest BCUT2D eigenvalue weighted by Crippen LogP contribution is 2.26. The third-order valence-corrected chi connectivity index (χ3v) is 6.65. The second-order valence-corrected chi connectivity index (χ2v) is 9.29. The van der Waals surface area contributed by atoms with Gasteiger partial charge in [0.2, 0.25) is 15.9 Å². The minimum atomic E-state index is -3.59. The molecule has 0 spiro atoms. The zero-order chi connectivity index (χ0) is 18.9. The zero-order valence-corrected chi connectivity index (χ0v) is 16.6. The van der Waals surface area contributed by atoms with Gasteiger partial charge in [0.1, 0.15) is 21.9 Å². The molecule has 2 aromatic rings. The van der Waals surface area contributed by atoms with Gasteiger partial charge in [-0.05, 0) is 19.3 Å². The average molecular weight is 399 g/mol. The van der Waals surface area contributed by atoms with Gasteiger partial charge in [-0.1, -0.05) is 6.92 Å². The Labute approximate surface area is 156 Å². The number of amides is 1. The molecule has 3 heterocycles. The Kier molecular flexibility index (Phi) is 5.39. The largest absolute Gasteiger partial charge is 0.296 e. The highest BCUT2D eigenvalue weighted by molar-refractivity contribution is 7.88. The van der Waals surface area contributed by atoms with Crippen LogP contribution in [0.3, 0.4) is 0 Å². The number of aromatic nitrogens is 4. The number of piperidine rings is 1. The van der Waals surface area contributed by atoms with E-state index in [0.717, 1.165) is 17.7 Å². The van der Waals surface area contributed by atoms with Gasteiger partial charge in [0.25, 0.3) is 0 Å². The van der Waals surface area contributed by atoms with Crippen molar-refractivity contribution in [1.29, 1.82) is 0 Å². The summed E-state index contributed by atoms with van der Waals surface area (Å²) in [6.45, 7) is 2.58. The monoisotopic (exact) mass is 398 g/mol. The van der Waals surface area contributed by atoms with Crippen LogP contribution in [0.15, 0.2) is 12.3 Å². The molecule has 1 aliphatic heterocycles. The summed E-state index contributed by atoms with van der Waals surface area (Å²) in [7, 11) is -1.84. The summed E-state index contributed by atoms with van der Waals surface area (Å²) < 4.78 is 27.7. The predicted molar refractivity (Wildman–Crippen MR) is 98.3 cm³/mol. The first kappa shape index (κ1) is 18.9. The molecule has 9 nitrogen and oxygen atoms in total. The second kappa shape index (κ2) is 7.41. The maximum absolute atomic E-state index is 13.1. The third-order valence-electron chi connectivity index (χ3n) is 4.36. The lowest BCUT2D eigenvalue weighted by atomic mass is 10.0. The van der Waals surface area contributed by atoms with Crippen LogP contribution in [0.1, 0.15) is 29.8 Å². The van der Waals surface area contributed by atoms with Crippen molar-refractivity contribution < 1.29 is 13.2 Å². The Hall–Kier alpha value is -1.85. The molecule has 1 atom stereocenters. The number of nitrogens with zero attached hydrogens (tertiary/aromatic N) is 6. The Morgan fingerprint density at radius 3 is 2.65 bits per heavy atom. The molecule has 26 heavy (non-hydrogen) atoms. The van der Waals surface area contributed by atoms with E-state index in [1.54, 1.807) is 28.9 Å². The van der Waals surface area contributed by atoms with Crippen molar-refractivity contribution >= 4 is 33.1 Å². The van der Waals surface area contributed by atoms with E-state index >= 15 is 0 Å². The molecular weight excluding hydrogens is 376 g/mol. The summed E-state index contributed by atoms with van der Waals surface area (Å²) in [4.78, 5) is 14.7. The van der Waals surface area contributed by atoms with Gasteiger partial charge >= 0.3 is 0 Å². The lowest BCUT2D eigenvalue weighted by Gasteiger charge is -2.36. The summed E-state index contributed by atoms with van der Waals surface area (Å²) in [6, 6.07) is 1.01. The average Bonchev–Trinajstić information content (AvgIpc) is 3.21. The van der Waals surface area contributed by atoms with E-state index in [9.17, 15) is 13.2 Å². The first-order valence-corrected chi connectivity index (χ1v) is 11.0. The fraction of sp³-hybridized carbons (Fsp3) is 0.600. The van der Waals surface area contributed by atoms with Crippen molar-refractivity contribution in [3.8, 4) is 0 Å². The maximum atomic E-state index is 13.1. The molecule has 0 unspecified atom stereocenters. The molecule has 3 rings (SSSR count). The second-order valence-electron chi connectivity index (χ2n) is 6.21. The normalized spacial score (nSPS) is 18.7. The van der Waals surface area contributed by atoms with Crippen molar-refractivity contribution in [2.24, 2.45) is 7.05 Å². The number of hydrogen-bond acceptors (Lipinski definition) is 7. The highest BCUT2D eigenvalue weighted by Gasteiger charge is 2.39. The molecule has 0 saturated carbocycles. The first-order valence-electron chi connectivity index (χ1n) is 8.38. The van der Waals surface area contributed by atoms with Crippen LogP contribution in [0.2, 0.25) is 0 Å². The van der Waals surface area contributed by atoms with Crippen LogP contribution in [-0.2, 0) is 34.8 Å². The number of hydrogen-bond donors (Lipinski definition) is 0. The van der Waals surface area contributed by atoms with E-state index < -0.39 is 16.1 Å². The molecule has 0 radical (unpaired) electrons. The fourth-order valence-corrected chi connectivity index (χ4v) is 4.95. The minimum Gasteiger partial charge on any atom is -0.296 e. The standard InChI is InChI=1S/C15H22N6O3S2/c1-4-12-17-18-13(25-12)10-21(26(3,23)24)11-6-5-9-20(15(11)22)14-7-8-16-19(14)2/h7-8,11H,4-6,9-10H2,1-3H3/t11-/m1/s1. The van der Waals surface area contributed by atoms with Gasteiger partial charge in [0.15, 0.2) is 0 Å². The van der Waals surface area contributed by atoms with E-state index in [2.05, 4.69) is 15.3 Å². The smallest absolute Gasteiger partial charge is 0.246 e. The van der Waals surface area contributed by atoms with E-state index in [1.807, 2.05) is 6.92 Å². The summed E-state index contributed by atoms with van der Waals surface area (Å²) in [5.41, 5.74) is 0. The molecule has 0 aliphatic carbocycles. The summed E-state index contributed by atoms with van der Waals surface area (Å²) in [5, 5.41) is 13.6. The molecular formula is C15H22N6O3S2. The number of aryl methyl sites for hydroxylation is 2. The number of sulfonamides is 1. The maximum Gasteiger partial charge on any atom is 0.246 e. The van der Waals surface area contributed by atoms with E-state index in [4.69, 9.17) is 0 Å². The van der Waals surface area contributed by atoms with Crippen molar-refractivity contribution in [3.05, 3.63) is 22.3 Å². The van der Waals surface area contributed by atoms with E-state index in [-0.39, 0.29) is 12.5 Å². The topological polar surface area (TPSA) is 101 Å². The summed E-state index contributed by atoms with van der Waals surface area (Å²) >= 11 is 1.38. The van der Waals surface area contributed by atoms with Gasteiger partial charge in [0.05, 0.1) is 19.0 Å². The fourth-order valence-electron chi connectivity index (χ4n) is 3.07. The lowest BCUT2D eigenvalue weighted by molar-refractivity contribution is -0.123. The van der Waals surface area contributed by atoms with Gasteiger partial charge in [-0.15, -0.1) is 21.5 Å². The number of carbonyl (C=O) groups is 1. The zero-order valence-electron chi connectivity index (χ0n) is 15.0. The van der Waals surface area contributed by atoms with Crippen LogP contribution < -0.4 is 4.90 Å². The van der Waals surface area contributed by atoms with Gasteiger partial charge < -0.3 is 0 Å². The van der Waals surface area contributed by atoms with E-state index in [1.165, 1.54) is 15.6 Å².